The molecular formula is C20H26F2O2. The van der Waals surface area contributed by atoms with E-state index in [1.807, 2.05) is 32.9 Å². The van der Waals surface area contributed by atoms with Crippen molar-refractivity contribution in [1.29, 1.82) is 0 Å². The average molecular weight is 336 g/mol. The Hall–Kier alpha value is -1.97. The van der Waals surface area contributed by atoms with Crippen molar-refractivity contribution < 1.29 is 18.7 Å². The van der Waals surface area contributed by atoms with Crippen LogP contribution in [-0.4, -0.2) is 17.0 Å². The predicted molar refractivity (Wildman–Crippen MR) is 94.1 cm³/mol. The number of aliphatic carboxylic acids is 1. The maximum atomic E-state index is 13.9. The summed E-state index contributed by atoms with van der Waals surface area (Å²) in [5.41, 5.74) is 2.11. The van der Waals surface area contributed by atoms with Gasteiger partial charge in [0.15, 0.2) is 0 Å². The zero-order valence-electron chi connectivity index (χ0n) is 15.0. The number of hydrogen-bond donors (Lipinski definition) is 1. The molecule has 1 rings (SSSR count). The lowest BCUT2D eigenvalue weighted by molar-refractivity contribution is -0.131. The second-order valence-corrected chi connectivity index (χ2v) is 6.96. The summed E-state index contributed by atoms with van der Waals surface area (Å²) in [6.45, 7) is 9.07. The number of carbonyl (C=O) groups is 1. The smallest absolute Gasteiger partial charge is 0.328 e. The molecule has 0 spiro atoms. The van der Waals surface area contributed by atoms with Crippen LogP contribution in [0.15, 0.2) is 58.7 Å². The van der Waals surface area contributed by atoms with E-state index in [1.54, 1.807) is 25.2 Å². The zero-order valence-corrected chi connectivity index (χ0v) is 15.0. The second-order valence-electron chi connectivity index (χ2n) is 6.96. The van der Waals surface area contributed by atoms with Gasteiger partial charge in [-0.3, -0.25) is 0 Å². The molecule has 0 atom stereocenters. The van der Waals surface area contributed by atoms with E-state index >= 15 is 0 Å². The van der Waals surface area contributed by atoms with Crippen LogP contribution >= 0.6 is 0 Å². The Kier molecular flexibility index (Phi) is 6.47. The van der Waals surface area contributed by atoms with Crippen LogP contribution in [0.4, 0.5) is 8.78 Å². The minimum atomic E-state index is -2.73. The minimum Gasteiger partial charge on any atom is -0.478 e. The van der Waals surface area contributed by atoms with Gasteiger partial charge in [-0.2, -0.15) is 0 Å². The lowest BCUT2D eigenvalue weighted by Gasteiger charge is -2.37. The topological polar surface area (TPSA) is 37.3 Å². The number of halogens is 2. The van der Waals surface area contributed by atoms with E-state index in [1.165, 1.54) is 6.92 Å². The third-order valence-electron chi connectivity index (χ3n) is 4.33. The van der Waals surface area contributed by atoms with Crippen LogP contribution in [0.1, 0.15) is 47.5 Å². The van der Waals surface area contributed by atoms with Crippen molar-refractivity contribution in [3.63, 3.8) is 0 Å². The Morgan fingerprint density at radius 1 is 1.12 bits per heavy atom. The van der Waals surface area contributed by atoms with Crippen LogP contribution in [0.5, 0.6) is 0 Å². The van der Waals surface area contributed by atoms with Crippen LogP contribution in [0.3, 0.4) is 0 Å². The standard InChI is InChI=1S/C20H26F2O2/c1-14(7-6-8-15(2)13-18(23)24)9-10-17-16(3)20(21,22)12-11-19(17,4)5/h6-10,13H,11-12H2,1-5H3,(H,23,24)/b8-6+,10-9+,14-7-,15-13-. The minimum absolute atomic E-state index is 0.101. The number of rotatable bonds is 5. The van der Waals surface area contributed by atoms with Gasteiger partial charge >= 0.3 is 5.97 Å². The summed E-state index contributed by atoms with van der Waals surface area (Å²) in [6.07, 6.45) is 10.3. The molecule has 132 valence electrons. The fraction of sp³-hybridized carbons (Fsp3) is 0.450. The summed E-state index contributed by atoms with van der Waals surface area (Å²) in [6, 6.07) is 0. The third kappa shape index (κ3) is 5.59. The Bertz CT molecular complexity index is 645. The molecule has 1 N–H and O–H groups in total. The molecule has 24 heavy (non-hydrogen) atoms. The first-order valence-electron chi connectivity index (χ1n) is 7.99. The summed E-state index contributed by atoms with van der Waals surface area (Å²) in [4.78, 5) is 10.5. The molecule has 0 aromatic rings. The van der Waals surface area contributed by atoms with Crippen molar-refractivity contribution >= 4 is 5.97 Å². The van der Waals surface area contributed by atoms with E-state index in [9.17, 15) is 13.6 Å². The molecule has 0 saturated carbocycles. The predicted octanol–water partition coefficient (Wildman–Crippen LogP) is 5.85. The number of alkyl halides is 2. The van der Waals surface area contributed by atoms with Crippen molar-refractivity contribution in [2.24, 2.45) is 5.41 Å². The molecule has 0 aromatic carbocycles. The number of carboxylic acid groups (broad SMARTS) is 1. The Labute approximate surface area is 143 Å². The summed E-state index contributed by atoms with van der Waals surface area (Å²) in [5, 5.41) is 8.63. The molecule has 0 bridgehead atoms. The summed E-state index contributed by atoms with van der Waals surface area (Å²) >= 11 is 0. The second kappa shape index (κ2) is 7.73. The molecule has 0 heterocycles. The van der Waals surface area contributed by atoms with Gasteiger partial charge in [-0.1, -0.05) is 49.8 Å². The van der Waals surface area contributed by atoms with Crippen LogP contribution < -0.4 is 0 Å². The summed E-state index contributed by atoms with van der Waals surface area (Å²) < 4.78 is 27.9. The maximum Gasteiger partial charge on any atom is 0.328 e. The maximum absolute atomic E-state index is 13.9. The van der Waals surface area contributed by atoms with Gasteiger partial charge in [0, 0.05) is 12.5 Å². The fourth-order valence-electron chi connectivity index (χ4n) is 2.71. The van der Waals surface area contributed by atoms with Crippen LogP contribution in [-0.2, 0) is 4.79 Å². The van der Waals surface area contributed by atoms with E-state index in [0.717, 1.165) is 11.6 Å². The Balaban J connectivity index is 2.96. The number of hydrogen-bond acceptors (Lipinski definition) is 1. The van der Waals surface area contributed by atoms with Gasteiger partial charge in [-0.15, -0.1) is 0 Å². The zero-order chi connectivity index (χ0) is 18.5. The third-order valence-corrected chi connectivity index (χ3v) is 4.33. The van der Waals surface area contributed by atoms with E-state index in [4.69, 9.17) is 5.11 Å². The highest BCUT2D eigenvalue weighted by Crippen LogP contribution is 2.47. The first-order valence-corrected chi connectivity index (χ1v) is 7.99. The molecule has 0 amide bonds. The summed E-state index contributed by atoms with van der Waals surface area (Å²) in [7, 11) is 0. The summed E-state index contributed by atoms with van der Waals surface area (Å²) in [5.74, 6) is -3.72. The highest BCUT2D eigenvalue weighted by molar-refractivity contribution is 5.81. The molecule has 0 saturated heterocycles. The van der Waals surface area contributed by atoms with Gasteiger partial charge in [-0.05, 0) is 49.3 Å². The average Bonchev–Trinajstić information content (AvgIpc) is 2.43. The molecule has 1 aliphatic rings. The quantitative estimate of drug-likeness (QED) is 0.505. The van der Waals surface area contributed by atoms with E-state index in [0.29, 0.717) is 17.6 Å². The lowest BCUT2D eigenvalue weighted by Crippen LogP contribution is -2.31. The fourth-order valence-corrected chi connectivity index (χ4v) is 2.71. The van der Waals surface area contributed by atoms with Crippen molar-refractivity contribution in [1.82, 2.24) is 0 Å². The lowest BCUT2D eigenvalue weighted by atomic mass is 9.71. The normalized spacial score (nSPS) is 21.8. The molecule has 0 unspecified atom stereocenters. The SMILES string of the molecule is CC1=C(/C=C/C(C)=C\C=C\C(C)=C/C(=O)O)C(C)(C)CCC1(F)F. The van der Waals surface area contributed by atoms with Gasteiger partial charge in [-0.25, -0.2) is 13.6 Å². The largest absolute Gasteiger partial charge is 0.478 e. The van der Waals surface area contributed by atoms with Crippen molar-refractivity contribution in [2.75, 3.05) is 0 Å². The van der Waals surface area contributed by atoms with Gasteiger partial charge in [0.2, 0.25) is 0 Å². The highest BCUT2D eigenvalue weighted by Gasteiger charge is 2.42. The molecule has 4 heteroatoms. The number of allylic oxidation sites excluding steroid dienone is 9. The molecule has 0 radical (unpaired) electrons. The van der Waals surface area contributed by atoms with E-state index in [2.05, 4.69) is 0 Å². The van der Waals surface area contributed by atoms with Gasteiger partial charge < -0.3 is 5.11 Å². The van der Waals surface area contributed by atoms with Crippen LogP contribution in [0.25, 0.3) is 0 Å². The molecular weight excluding hydrogens is 310 g/mol. The van der Waals surface area contributed by atoms with Gasteiger partial charge in [0.1, 0.15) is 0 Å². The van der Waals surface area contributed by atoms with Crippen LogP contribution in [0, 0.1) is 5.41 Å². The molecule has 0 aliphatic heterocycles. The van der Waals surface area contributed by atoms with E-state index in [-0.39, 0.29) is 17.4 Å². The van der Waals surface area contributed by atoms with Gasteiger partial charge in [0.25, 0.3) is 5.92 Å². The number of carboxylic acids is 1. The molecule has 0 fully saturated rings. The highest BCUT2D eigenvalue weighted by atomic mass is 19.3. The van der Waals surface area contributed by atoms with Crippen LogP contribution in [0.2, 0.25) is 0 Å². The first kappa shape index (κ1) is 20.1. The van der Waals surface area contributed by atoms with Gasteiger partial charge in [0.05, 0.1) is 0 Å². The molecule has 1 aliphatic carbocycles. The monoisotopic (exact) mass is 336 g/mol. The van der Waals surface area contributed by atoms with Crippen molar-refractivity contribution in [3.8, 4) is 0 Å². The van der Waals surface area contributed by atoms with E-state index < -0.39 is 11.9 Å². The molecule has 2 nitrogen and oxygen atoms in total. The van der Waals surface area contributed by atoms with Crippen molar-refractivity contribution in [2.45, 2.75) is 53.4 Å². The first-order chi connectivity index (χ1) is 11.0. The van der Waals surface area contributed by atoms with Crippen molar-refractivity contribution in [3.05, 3.63) is 58.7 Å². The Morgan fingerprint density at radius 3 is 2.33 bits per heavy atom. The Morgan fingerprint density at radius 2 is 1.75 bits per heavy atom. The molecule has 0 aromatic heterocycles.